The van der Waals surface area contributed by atoms with Gasteiger partial charge in [-0.25, -0.2) is 4.98 Å². The summed E-state index contributed by atoms with van der Waals surface area (Å²) >= 11 is 6.74. The van der Waals surface area contributed by atoms with Crippen LogP contribution < -0.4 is 10.5 Å². The Bertz CT molecular complexity index is 1380. The number of ether oxygens (including phenoxy) is 1. The number of hydrogen-bond acceptors (Lipinski definition) is 7. The minimum atomic E-state index is -0.209. The number of amides is 1. The highest BCUT2D eigenvalue weighted by atomic mass is 32.2. The van der Waals surface area contributed by atoms with Gasteiger partial charge in [-0.05, 0) is 37.1 Å². The molecule has 2 fully saturated rings. The minimum Gasteiger partial charge on any atom is -0.378 e. The first kappa shape index (κ1) is 22.8. The Morgan fingerprint density at radius 2 is 1.76 bits per heavy atom. The number of carbonyl (C=O) groups is 1. The zero-order valence-electron chi connectivity index (χ0n) is 19.0. The summed E-state index contributed by atoms with van der Waals surface area (Å²) in [5, 5.41) is 0. The van der Waals surface area contributed by atoms with Gasteiger partial charge in [-0.2, -0.15) is 0 Å². The van der Waals surface area contributed by atoms with Crippen molar-refractivity contribution in [3.63, 3.8) is 0 Å². The second kappa shape index (κ2) is 9.32. The maximum atomic E-state index is 13.6. The third-order valence-electron chi connectivity index (χ3n) is 5.91. The topological polar surface area (TPSA) is 67.2 Å². The zero-order valence-corrected chi connectivity index (χ0v) is 20.6. The lowest BCUT2D eigenvalue weighted by Crippen LogP contribution is -2.38. The lowest BCUT2D eigenvalue weighted by Gasteiger charge is -2.29. The van der Waals surface area contributed by atoms with E-state index in [9.17, 15) is 9.59 Å². The fourth-order valence-electron chi connectivity index (χ4n) is 4.03. The number of anilines is 1. The Labute approximate surface area is 207 Å². The van der Waals surface area contributed by atoms with E-state index in [1.54, 1.807) is 17.2 Å². The second-order valence-electron chi connectivity index (χ2n) is 8.44. The van der Waals surface area contributed by atoms with E-state index in [4.69, 9.17) is 21.9 Å². The van der Waals surface area contributed by atoms with E-state index >= 15 is 0 Å². The highest BCUT2D eigenvalue weighted by molar-refractivity contribution is 8.26. The Morgan fingerprint density at radius 1 is 1.06 bits per heavy atom. The molecule has 0 saturated carbocycles. The summed E-state index contributed by atoms with van der Waals surface area (Å²) in [6.07, 6.45) is 3.43. The first-order valence-corrected chi connectivity index (χ1v) is 12.3. The van der Waals surface area contributed by atoms with Crippen LogP contribution >= 0.6 is 24.0 Å². The Morgan fingerprint density at radius 3 is 2.50 bits per heavy atom. The largest absolute Gasteiger partial charge is 0.378 e. The molecule has 2 aliphatic rings. The van der Waals surface area contributed by atoms with Crippen molar-refractivity contribution in [3.8, 4) is 0 Å². The number of fused-ring (bicyclic) bond motifs is 1. The molecular weight excluding hydrogens is 468 g/mol. The van der Waals surface area contributed by atoms with Gasteiger partial charge < -0.3 is 9.64 Å². The number of carbonyl (C=O) groups excluding carboxylic acids is 1. The average Bonchev–Trinajstić information content (AvgIpc) is 3.10. The maximum Gasteiger partial charge on any atom is 0.267 e. The SMILES string of the molecule is Cc1ccc(CN2C(=O)/C(=C\c3c(N4CCOCC4)nc4ccc(C)cn4c3=O)SC2=S)cc1. The summed E-state index contributed by atoms with van der Waals surface area (Å²) in [5.74, 6) is 0.373. The summed E-state index contributed by atoms with van der Waals surface area (Å²) in [5.41, 5.74) is 3.86. The Hall–Kier alpha value is -3.01. The quantitative estimate of drug-likeness (QED) is 0.408. The monoisotopic (exact) mass is 492 g/mol. The van der Waals surface area contributed by atoms with Crippen LogP contribution in [0.15, 0.2) is 52.3 Å². The van der Waals surface area contributed by atoms with Crippen molar-refractivity contribution in [2.75, 3.05) is 31.2 Å². The van der Waals surface area contributed by atoms with Crippen molar-refractivity contribution in [1.82, 2.24) is 14.3 Å². The summed E-state index contributed by atoms with van der Waals surface area (Å²) in [6, 6.07) is 11.8. The molecule has 3 aromatic rings. The number of morpholine rings is 1. The molecule has 0 unspecified atom stereocenters. The molecule has 5 rings (SSSR count). The van der Waals surface area contributed by atoms with E-state index in [2.05, 4.69) is 0 Å². The molecule has 4 heterocycles. The van der Waals surface area contributed by atoms with Crippen molar-refractivity contribution in [2.24, 2.45) is 0 Å². The van der Waals surface area contributed by atoms with E-state index in [1.165, 1.54) is 16.2 Å². The number of thioether (sulfide) groups is 1. The lowest BCUT2D eigenvalue weighted by molar-refractivity contribution is -0.122. The van der Waals surface area contributed by atoms with E-state index in [0.717, 1.165) is 16.7 Å². The number of aromatic nitrogens is 2. The molecule has 1 aromatic carbocycles. The number of benzene rings is 1. The van der Waals surface area contributed by atoms with Crippen LogP contribution in [0.1, 0.15) is 22.3 Å². The third-order valence-corrected chi connectivity index (χ3v) is 7.28. The van der Waals surface area contributed by atoms with Gasteiger partial charge in [-0.15, -0.1) is 0 Å². The number of hydrogen-bond donors (Lipinski definition) is 0. The summed E-state index contributed by atoms with van der Waals surface area (Å²) < 4.78 is 7.51. The second-order valence-corrected chi connectivity index (χ2v) is 10.1. The smallest absolute Gasteiger partial charge is 0.267 e. The molecule has 2 aromatic heterocycles. The predicted molar refractivity (Wildman–Crippen MR) is 139 cm³/mol. The molecule has 0 N–H and O–H groups in total. The van der Waals surface area contributed by atoms with Crippen LogP contribution in [0.3, 0.4) is 0 Å². The van der Waals surface area contributed by atoms with Gasteiger partial charge in [0.15, 0.2) is 0 Å². The van der Waals surface area contributed by atoms with Gasteiger partial charge in [0.25, 0.3) is 11.5 Å². The first-order chi connectivity index (χ1) is 16.4. The van der Waals surface area contributed by atoms with Crippen LogP contribution in [0.4, 0.5) is 5.82 Å². The molecule has 0 bridgehead atoms. The average molecular weight is 493 g/mol. The Kier molecular flexibility index (Phi) is 6.24. The van der Waals surface area contributed by atoms with Crippen LogP contribution in [-0.2, 0) is 16.1 Å². The summed E-state index contributed by atoms with van der Waals surface area (Å²) in [7, 11) is 0. The molecule has 34 heavy (non-hydrogen) atoms. The lowest BCUT2D eigenvalue weighted by atomic mass is 10.1. The molecule has 2 aliphatic heterocycles. The van der Waals surface area contributed by atoms with Crippen molar-refractivity contribution in [1.29, 1.82) is 0 Å². The number of rotatable bonds is 4. The van der Waals surface area contributed by atoms with E-state index in [1.807, 2.05) is 55.1 Å². The standard InChI is InChI=1S/C25H24N4O3S2/c1-16-3-6-18(7-4-16)15-29-24(31)20(34-25(29)33)13-19-22(27-9-11-32-12-10-27)26-21-8-5-17(2)14-28(21)23(19)30/h3-8,13-14H,9-12,15H2,1-2H3/b20-13+. The number of thiocarbonyl (C=S) groups is 1. The molecule has 0 radical (unpaired) electrons. The van der Waals surface area contributed by atoms with Gasteiger partial charge in [0.1, 0.15) is 15.8 Å². The molecule has 0 atom stereocenters. The van der Waals surface area contributed by atoms with Gasteiger partial charge in [0.05, 0.1) is 30.2 Å². The van der Waals surface area contributed by atoms with E-state index in [-0.39, 0.29) is 11.5 Å². The molecule has 1 amide bonds. The fraction of sp³-hybridized carbons (Fsp3) is 0.280. The highest BCUT2D eigenvalue weighted by Gasteiger charge is 2.33. The van der Waals surface area contributed by atoms with E-state index in [0.29, 0.717) is 59.1 Å². The predicted octanol–water partition coefficient (Wildman–Crippen LogP) is 3.55. The molecule has 0 aliphatic carbocycles. The van der Waals surface area contributed by atoms with Gasteiger partial charge >= 0.3 is 0 Å². The fourth-order valence-corrected chi connectivity index (χ4v) is 5.27. The molecule has 7 nitrogen and oxygen atoms in total. The number of pyridine rings is 1. The maximum absolute atomic E-state index is 13.6. The van der Waals surface area contributed by atoms with Crippen LogP contribution in [0.5, 0.6) is 0 Å². The van der Waals surface area contributed by atoms with Crippen LogP contribution in [0.2, 0.25) is 0 Å². The zero-order chi connectivity index (χ0) is 23.8. The van der Waals surface area contributed by atoms with Crippen molar-refractivity contribution < 1.29 is 9.53 Å². The molecular formula is C25H24N4O3S2. The van der Waals surface area contributed by atoms with Gasteiger partial charge in [0, 0.05) is 19.3 Å². The van der Waals surface area contributed by atoms with Crippen molar-refractivity contribution in [3.05, 3.63) is 80.1 Å². The minimum absolute atomic E-state index is 0.197. The molecule has 9 heteroatoms. The van der Waals surface area contributed by atoms with Crippen molar-refractivity contribution >= 4 is 51.7 Å². The van der Waals surface area contributed by atoms with Crippen molar-refractivity contribution in [2.45, 2.75) is 20.4 Å². The highest BCUT2D eigenvalue weighted by Crippen LogP contribution is 2.34. The molecule has 0 spiro atoms. The normalized spacial score (nSPS) is 17.9. The third kappa shape index (κ3) is 4.38. The van der Waals surface area contributed by atoms with Crippen LogP contribution in [0, 0.1) is 13.8 Å². The van der Waals surface area contributed by atoms with Gasteiger partial charge in [-0.1, -0.05) is 59.9 Å². The Balaban J connectivity index is 1.56. The molecule has 174 valence electrons. The van der Waals surface area contributed by atoms with Gasteiger partial charge in [0.2, 0.25) is 0 Å². The van der Waals surface area contributed by atoms with Gasteiger partial charge in [-0.3, -0.25) is 18.9 Å². The first-order valence-electron chi connectivity index (χ1n) is 11.1. The van der Waals surface area contributed by atoms with Crippen LogP contribution in [-0.4, -0.2) is 50.8 Å². The number of aryl methyl sites for hydroxylation is 2. The van der Waals surface area contributed by atoms with E-state index < -0.39 is 0 Å². The van der Waals surface area contributed by atoms with Crippen LogP contribution in [0.25, 0.3) is 11.7 Å². The summed E-state index contributed by atoms with van der Waals surface area (Å²) in [6.45, 7) is 6.73. The summed E-state index contributed by atoms with van der Waals surface area (Å²) in [4.78, 5) is 35.7. The molecule has 2 saturated heterocycles. The number of nitrogens with zero attached hydrogens (tertiary/aromatic N) is 4.